The number of carbonyl (C=O) groups is 2. The summed E-state index contributed by atoms with van der Waals surface area (Å²) in [7, 11) is 0. The SMILES string of the molecule is CC(=O)Nc1nc(NC(C)=O)c2cc([N+](=O)[O-])ccc2n1. The van der Waals surface area contributed by atoms with Crippen LogP contribution in [0, 0.1) is 10.1 Å². The zero-order chi connectivity index (χ0) is 15.6. The Morgan fingerprint density at radius 2 is 1.81 bits per heavy atom. The molecule has 0 aliphatic heterocycles. The third-order valence-corrected chi connectivity index (χ3v) is 2.47. The van der Waals surface area contributed by atoms with E-state index in [0.29, 0.717) is 10.9 Å². The van der Waals surface area contributed by atoms with Crippen LogP contribution in [0.4, 0.5) is 17.5 Å². The van der Waals surface area contributed by atoms with Gasteiger partial charge in [-0.1, -0.05) is 0 Å². The lowest BCUT2D eigenvalue weighted by Crippen LogP contribution is -2.13. The van der Waals surface area contributed by atoms with Gasteiger partial charge in [-0.2, -0.15) is 4.98 Å². The average Bonchev–Trinajstić information content (AvgIpc) is 2.36. The first-order chi connectivity index (χ1) is 9.86. The molecule has 1 aromatic heterocycles. The molecular formula is C12H11N5O4. The summed E-state index contributed by atoms with van der Waals surface area (Å²) in [5, 5.41) is 16.0. The normalized spacial score (nSPS) is 10.2. The first-order valence-corrected chi connectivity index (χ1v) is 5.88. The molecule has 0 bridgehead atoms. The number of nitrogens with zero attached hydrogens (tertiary/aromatic N) is 3. The van der Waals surface area contributed by atoms with Crippen LogP contribution >= 0.6 is 0 Å². The summed E-state index contributed by atoms with van der Waals surface area (Å²) in [4.78, 5) is 40.6. The highest BCUT2D eigenvalue weighted by Gasteiger charge is 2.14. The maximum atomic E-state index is 11.2. The van der Waals surface area contributed by atoms with Crippen molar-refractivity contribution in [2.75, 3.05) is 10.6 Å². The molecule has 0 aliphatic rings. The van der Waals surface area contributed by atoms with E-state index in [1.807, 2.05) is 0 Å². The van der Waals surface area contributed by atoms with Gasteiger partial charge in [-0.15, -0.1) is 0 Å². The number of nitro benzene ring substituents is 1. The molecule has 0 saturated heterocycles. The predicted octanol–water partition coefficient (Wildman–Crippen LogP) is 1.45. The molecule has 0 radical (unpaired) electrons. The van der Waals surface area contributed by atoms with Crippen molar-refractivity contribution in [3.8, 4) is 0 Å². The van der Waals surface area contributed by atoms with Crippen LogP contribution in [0.15, 0.2) is 18.2 Å². The Hall–Kier alpha value is -3.10. The lowest BCUT2D eigenvalue weighted by Gasteiger charge is -2.08. The molecule has 0 unspecified atom stereocenters. The van der Waals surface area contributed by atoms with E-state index in [1.54, 1.807) is 0 Å². The third kappa shape index (κ3) is 3.26. The minimum absolute atomic E-state index is 0.00704. The van der Waals surface area contributed by atoms with Crippen molar-refractivity contribution < 1.29 is 14.5 Å². The number of rotatable bonds is 3. The summed E-state index contributed by atoms with van der Waals surface area (Å²) in [5.74, 6) is -0.659. The van der Waals surface area contributed by atoms with Crippen molar-refractivity contribution in [3.63, 3.8) is 0 Å². The molecule has 1 aromatic carbocycles. The molecule has 0 atom stereocenters. The fourth-order valence-electron chi connectivity index (χ4n) is 1.71. The molecule has 108 valence electrons. The van der Waals surface area contributed by atoms with Gasteiger partial charge in [0.2, 0.25) is 17.8 Å². The maximum Gasteiger partial charge on any atom is 0.270 e. The largest absolute Gasteiger partial charge is 0.310 e. The van der Waals surface area contributed by atoms with Crippen molar-refractivity contribution >= 4 is 40.2 Å². The van der Waals surface area contributed by atoms with Crippen LogP contribution in [0.5, 0.6) is 0 Å². The minimum atomic E-state index is -0.557. The van der Waals surface area contributed by atoms with Gasteiger partial charge in [-0.05, 0) is 6.07 Å². The highest BCUT2D eigenvalue weighted by Crippen LogP contribution is 2.26. The number of nitro groups is 1. The number of anilines is 2. The van der Waals surface area contributed by atoms with E-state index in [0.717, 1.165) is 0 Å². The van der Waals surface area contributed by atoms with Crippen LogP contribution in [-0.2, 0) is 9.59 Å². The Bertz CT molecular complexity index is 759. The first-order valence-electron chi connectivity index (χ1n) is 5.88. The van der Waals surface area contributed by atoms with Gasteiger partial charge >= 0.3 is 0 Å². The van der Waals surface area contributed by atoms with Gasteiger partial charge in [-0.25, -0.2) is 4.98 Å². The van der Waals surface area contributed by atoms with Crippen molar-refractivity contribution in [3.05, 3.63) is 28.3 Å². The molecule has 0 fully saturated rings. The zero-order valence-corrected chi connectivity index (χ0v) is 11.2. The minimum Gasteiger partial charge on any atom is -0.310 e. The second-order valence-corrected chi connectivity index (χ2v) is 4.22. The van der Waals surface area contributed by atoms with Crippen LogP contribution in [0.2, 0.25) is 0 Å². The van der Waals surface area contributed by atoms with Crippen molar-refractivity contribution in [2.24, 2.45) is 0 Å². The second-order valence-electron chi connectivity index (χ2n) is 4.22. The number of non-ortho nitro benzene ring substituents is 1. The van der Waals surface area contributed by atoms with Gasteiger partial charge in [0.15, 0.2) is 0 Å². The molecule has 9 nitrogen and oxygen atoms in total. The van der Waals surface area contributed by atoms with E-state index in [4.69, 9.17) is 0 Å². The number of benzene rings is 1. The Balaban J connectivity index is 2.64. The molecule has 9 heteroatoms. The monoisotopic (exact) mass is 289 g/mol. The number of amides is 2. The summed E-state index contributed by atoms with van der Waals surface area (Å²) in [6.45, 7) is 2.57. The number of carbonyl (C=O) groups excluding carboxylic acids is 2. The number of hydrogen-bond acceptors (Lipinski definition) is 6. The molecule has 2 amide bonds. The van der Waals surface area contributed by atoms with Gasteiger partial charge in [0, 0.05) is 26.0 Å². The second kappa shape index (κ2) is 5.49. The fourth-order valence-corrected chi connectivity index (χ4v) is 1.71. The van der Waals surface area contributed by atoms with Crippen molar-refractivity contribution in [1.82, 2.24) is 9.97 Å². The van der Waals surface area contributed by atoms with Crippen molar-refractivity contribution in [2.45, 2.75) is 13.8 Å². The van der Waals surface area contributed by atoms with E-state index in [-0.39, 0.29) is 23.4 Å². The Morgan fingerprint density at radius 3 is 2.38 bits per heavy atom. The molecule has 2 N–H and O–H groups in total. The topological polar surface area (TPSA) is 127 Å². The average molecular weight is 289 g/mol. The summed E-state index contributed by atoms with van der Waals surface area (Å²) < 4.78 is 0. The van der Waals surface area contributed by atoms with Gasteiger partial charge in [0.25, 0.3) is 5.69 Å². The van der Waals surface area contributed by atoms with Crippen LogP contribution in [-0.4, -0.2) is 26.7 Å². The number of hydrogen-bond donors (Lipinski definition) is 2. The number of nitrogens with one attached hydrogen (secondary N) is 2. The van der Waals surface area contributed by atoms with E-state index >= 15 is 0 Å². The maximum absolute atomic E-state index is 11.2. The van der Waals surface area contributed by atoms with Gasteiger partial charge in [-0.3, -0.25) is 25.0 Å². The van der Waals surface area contributed by atoms with E-state index < -0.39 is 10.8 Å². The van der Waals surface area contributed by atoms with Crippen LogP contribution < -0.4 is 10.6 Å². The zero-order valence-electron chi connectivity index (χ0n) is 11.2. The highest BCUT2D eigenvalue weighted by molar-refractivity contribution is 6.00. The van der Waals surface area contributed by atoms with Gasteiger partial charge < -0.3 is 5.32 Å². The fraction of sp³-hybridized carbons (Fsp3) is 0.167. The smallest absolute Gasteiger partial charge is 0.270 e. The molecule has 2 rings (SSSR count). The summed E-state index contributed by atoms with van der Waals surface area (Å²) in [5.41, 5.74) is 0.216. The molecule has 0 saturated carbocycles. The molecule has 1 heterocycles. The van der Waals surface area contributed by atoms with Crippen molar-refractivity contribution in [1.29, 1.82) is 0 Å². The molecular weight excluding hydrogens is 278 g/mol. The van der Waals surface area contributed by atoms with Gasteiger partial charge in [0.05, 0.1) is 15.8 Å². The summed E-state index contributed by atoms with van der Waals surface area (Å²) in [6, 6.07) is 3.97. The van der Waals surface area contributed by atoms with E-state index in [2.05, 4.69) is 20.6 Å². The summed E-state index contributed by atoms with van der Waals surface area (Å²) >= 11 is 0. The molecule has 0 aliphatic carbocycles. The Labute approximate surface area is 118 Å². The van der Waals surface area contributed by atoms with E-state index in [9.17, 15) is 19.7 Å². The third-order valence-electron chi connectivity index (χ3n) is 2.47. The molecule has 2 aromatic rings. The predicted molar refractivity (Wildman–Crippen MR) is 74.8 cm³/mol. The quantitative estimate of drug-likeness (QED) is 0.650. The molecule has 0 spiro atoms. The first kappa shape index (κ1) is 14.3. The lowest BCUT2D eigenvalue weighted by molar-refractivity contribution is -0.384. The summed E-state index contributed by atoms with van der Waals surface area (Å²) in [6.07, 6.45) is 0. The number of fused-ring (bicyclic) bond motifs is 1. The van der Waals surface area contributed by atoms with E-state index in [1.165, 1.54) is 32.0 Å². The van der Waals surface area contributed by atoms with Crippen LogP contribution in [0.3, 0.4) is 0 Å². The lowest BCUT2D eigenvalue weighted by atomic mass is 10.2. The van der Waals surface area contributed by atoms with Crippen LogP contribution in [0.25, 0.3) is 10.9 Å². The van der Waals surface area contributed by atoms with Gasteiger partial charge in [0.1, 0.15) is 5.82 Å². The highest BCUT2D eigenvalue weighted by atomic mass is 16.6. The van der Waals surface area contributed by atoms with Crippen LogP contribution in [0.1, 0.15) is 13.8 Å². The Kier molecular flexibility index (Phi) is 3.74. The molecule has 21 heavy (non-hydrogen) atoms. The Morgan fingerprint density at radius 1 is 1.14 bits per heavy atom. The number of aromatic nitrogens is 2. The standard InChI is InChI=1S/C12H11N5O4/c1-6(18)13-11-9-5-8(17(20)21)3-4-10(9)15-12(16-11)14-7(2)19/h3-5H,1-2H3,(H2,13,14,15,16,18,19).